The third kappa shape index (κ3) is 1.31. The van der Waals surface area contributed by atoms with Crippen LogP contribution < -0.4 is 0 Å². The molecule has 3 aromatic rings. The van der Waals surface area contributed by atoms with Crippen LogP contribution in [0.15, 0.2) is 30.5 Å². The monoisotopic (exact) mass is 215 g/mol. The van der Waals surface area contributed by atoms with Crippen molar-refractivity contribution >= 4 is 11.3 Å². The van der Waals surface area contributed by atoms with Gasteiger partial charge in [0.1, 0.15) is 5.82 Å². The Hall–Kier alpha value is -2.37. The minimum absolute atomic E-state index is 0.334. The summed E-state index contributed by atoms with van der Waals surface area (Å²) in [7, 11) is 0. The van der Waals surface area contributed by atoms with Crippen molar-refractivity contribution in [1.29, 1.82) is 0 Å². The molecule has 0 spiro atoms. The molecule has 78 valence electrons. The number of hydrogen-bond acceptors (Lipinski definition) is 4. The molecule has 0 saturated heterocycles. The van der Waals surface area contributed by atoms with E-state index in [2.05, 4.69) is 25.4 Å². The third-order valence-corrected chi connectivity index (χ3v) is 2.20. The van der Waals surface area contributed by atoms with E-state index in [1.807, 2.05) is 0 Å². The highest BCUT2D eigenvalue weighted by Crippen LogP contribution is 2.20. The maximum absolute atomic E-state index is 13.5. The van der Waals surface area contributed by atoms with Gasteiger partial charge in [-0.1, -0.05) is 12.1 Å². The summed E-state index contributed by atoms with van der Waals surface area (Å²) >= 11 is 0. The van der Waals surface area contributed by atoms with Crippen LogP contribution in [0.5, 0.6) is 0 Å². The number of nitrogens with zero attached hydrogens (tertiary/aromatic N) is 4. The van der Waals surface area contributed by atoms with E-state index in [4.69, 9.17) is 0 Å². The molecule has 0 unspecified atom stereocenters. The lowest BCUT2D eigenvalue weighted by molar-refractivity contribution is 0.630. The molecule has 0 fully saturated rings. The minimum atomic E-state index is -0.334. The highest BCUT2D eigenvalue weighted by molar-refractivity contribution is 5.69. The highest BCUT2D eigenvalue weighted by Gasteiger charge is 2.08. The molecule has 0 amide bonds. The first-order valence-electron chi connectivity index (χ1n) is 4.63. The molecular formula is C10H6FN5. The zero-order valence-electron chi connectivity index (χ0n) is 8.05. The molecule has 2 aromatic heterocycles. The van der Waals surface area contributed by atoms with Crippen molar-refractivity contribution in [2.24, 2.45) is 0 Å². The van der Waals surface area contributed by atoms with Gasteiger partial charge in [-0.2, -0.15) is 5.21 Å². The van der Waals surface area contributed by atoms with Gasteiger partial charge >= 0.3 is 0 Å². The van der Waals surface area contributed by atoms with Crippen LogP contribution in [0.1, 0.15) is 0 Å². The maximum Gasteiger partial charge on any atom is 0.221 e. The fourth-order valence-electron chi connectivity index (χ4n) is 1.45. The Morgan fingerprint density at radius 3 is 2.75 bits per heavy atom. The molecule has 6 heteroatoms. The first kappa shape index (κ1) is 8.90. The van der Waals surface area contributed by atoms with Crippen LogP contribution in [0.25, 0.3) is 22.6 Å². The largest absolute Gasteiger partial charge is 0.230 e. The second kappa shape index (κ2) is 3.34. The van der Waals surface area contributed by atoms with Gasteiger partial charge in [-0.15, -0.1) is 10.2 Å². The Balaban J connectivity index is 2.22. The normalized spacial score (nSPS) is 10.8. The van der Waals surface area contributed by atoms with Crippen molar-refractivity contribution in [3.8, 4) is 11.3 Å². The number of fused-ring (bicyclic) bond motifs is 1. The summed E-state index contributed by atoms with van der Waals surface area (Å²) < 4.78 is 13.5. The molecular weight excluding hydrogens is 209 g/mol. The van der Waals surface area contributed by atoms with Gasteiger partial charge in [0.25, 0.3) is 0 Å². The lowest BCUT2D eigenvalue weighted by Gasteiger charge is -2.00. The van der Waals surface area contributed by atoms with E-state index in [1.165, 1.54) is 12.3 Å². The maximum atomic E-state index is 13.5. The zero-order valence-corrected chi connectivity index (χ0v) is 8.05. The molecule has 16 heavy (non-hydrogen) atoms. The van der Waals surface area contributed by atoms with Gasteiger partial charge in [0.2, 0.25) is 11.3 Å². The Bertz CT molecular complexity index is 648. The molecule has 0 aliphatic heterocycles. The standard InChI is InChI=1S/C10H6FN5/c11-7-4-2-1-3-6(7)8-5-12-9-10(13-8)15-16-14-9/h1-5H,(H,12,13,14,15,16). The predicted molar refractivity (Wildman–Crippen MR) is 54.9 cm³/mol. The van der Waals surface area contributed by atoms with Crippen LogP contribution in [0.2, 0.25) is 0 Å². The molecule has 2 heterocycles. The minimum Gasteiger partial charge on any atom is -0.230 e. The number of aromatic nitrogens is 5. The van der Waals surface area contributed by atoms with Gasteiger partial charge in [-0.05, 0) is 12.1 Å². The van der Waals surface area contributed by atoms with Gasteiger partial charge in [0.05, 0.1) is 11.9 Å². The average molecular weight is 215 g/mol. The molecule has 5 nitrogen and oxygen atoms in total. The summed E-state index contributed by atoms with van der Waals surface area (Å²) in [6.07, 6.45) is 1.48. The van der Waals surface area contributed by atoms with Gasteiger partial charge in [0, 0.05) is 5.56 Å². The van der Waals surface area contributed by atoms with Crippen LogP contribution in [0.3, 0.4) is 0 Å². The van der Waals surface area contributed by atoms with Crippen molar-refractivity contribution in [1.82, 2.24) is 25.4 Å². The number of aromatic amines is 1. The van der Waals surface area contributed by atoms with E-state index in [9.17, 15) is 4.39 Å². The smallest absolute Gasteiger partial charge is 0.221 e. The summed E-state index contributed by atoms with van der Waals surface area (Å²) in [4.78, 5) is 8.18. The van der Waals surface area contributed by atoms with Crippen LogP contribution in [-0.4, -0.2) is 25.4 Å². The molecule has 0 aliphatic rings. The number of rotatable bonds is 1. The molecule has 0 atom stereocenters. The lowest BCUT2D eigenvalue weighted by atomic mass is 10.1. The topological polar surface area (TPSA) is 67.3 Å². The predicted octanol–water partition coefficient (Wildman–Crippen LogP) is 1.55. The Kier molecular flexibility index (Phi) is 1.86. The Labute approximate surface area is 89.4 Å². The summed E-state index contributed by atoms with van der Waals surface area (Å²) in [5.74, 6) is -0.334. The van der Waals surface area contributed by atoms with E-state index >= 15 is 0 Å². The number of H-pyrrole nitrogens is 1. The summed E-state index contributed by atoms with van der Waals surface area (Å²) in [6.45, 7) is 0. The Morgan fingerprint density at radius 1 is 1.06 bits per heavy atom. The van der Waals surface area contributed by atoms with Crippen LogP contribution in [0.4, 0.5) is 4.39 Å². The molecule has 1 aromatic carbocycles. The first-order chi connectivity index (χ1) is 7.84. The SMILES string of the molecule is Fc1ccccc1-c1cnc2n[nH]nc2n1. The second-order valence-corrected chi connectivity index (χ2v) is 3.21. The van der Waals surface area contributed by atoms with Crippen molar-refractivity contribution in [2.45, 2.75) is 0 Å². The van der Waals surface area contributed by atoms with Crippen molar-refractivity contribution in [3.05, 3.63) is 36.3 Å². The second-order valence-electron chi connectivity index (χ2n) is 3.21. The summed E-state index contributed by atoms with van der Waals surface area (Å²) in [5, 5.41) is 9.99. The zero-order chi connectivity index (χ0) is 11.0. The van der Waals surface area contributed by atoms with Gasteiger partial charge in [-0.3, -0.25) is 0 Å². The van der Waals surface area contributed by atoms with E-state index in [0.717, 1.165) is 0 Å². The highest BCUT2D eigenvalue weighted by atomic mass is 19.1. The number of nitrogens with one attached hydrogen (secondary N) is 1. The third-order valence-electron chi connectivity index (χ3n) is 2.20. The van der Waals surface area contributed by atoms with Crippen molar-refractivity contribution < 1.29 is 4.39 Å². The lowest BCUT2D eigenvalue weighted by Crippen LogP contribution is -1.90. The van der Waals surface area contributed by atoms with Crippen LogP contribution >= 0.6 is 0 Å². The summed E-state index contributed by atoms with van der Waals surface area (Å²) in [6, 6.07) is 6.39. The van der Waals surface area contributed by atoms with Crippen LogP contribution in [-0.2, 0) is 0 Å². The van der Waals surface area contributed by atoms with E-state index in [1.54, 1.807) is 18.2 Å². The fourth-order valence-corrected chi connectivity index (χ4v) is 1.45. The molecule has 1 N–H and O–H groups in total. The van der Waals surface area contributed by atoms with Crippen molar-refractivity contribution in [2.75, 3.05) is 0 Å². The molecule has 0 bridgehead atoms. The molecule has 0 aliphatic carbocycles. The fraction of sp³-hybridized carbons (Fsp3) is 0. The molecule has 0 radical (unpaired) electrons. The molecule has 0 saturated carbocycles. The quantitative estimate of drug-likeness (QED) is 0.668. The number of halogens is 1. The number of hydrogen-bond donors (Lipinski definition) is 1. The van der Waals surface area contributed by atoms with E-state index < -0.39 is 0 Å². The first-order valence-corrected chi connectivity index (χ1v) is 4.63. The van der Waals surface area contributed by atoms with E-state index in [-0.39, 0.29) is 5.82 Å². The number of benzene rings is 1. The summed E-state index contributed by atoms with van der Waals surface area (Å²) in [5.41, 5.74) is 1.64. The van der Waals surface area contributed by atoms with Crippen LogP contribution in [0, 0.1) is 5.82 Å². The van der Waals surface area contributed by atoms with Gasteiger partial charge < -0.3 is 0 Å². The Morgan fingerprint density at radius 2 is 1.88 bits per heavy atom. The average Bonchev–Trinajstić information content (AvgIpc) is 2.76. The van der Waals surface area contributed by atoms with Gasteiger partial charge in [-0.25, -0.2) is 14.4 Å². The van der Waals surface area contributed by atoms with Gasteiger partial charge in [0.15, 0.2) is 0 Å². The molecule has 3 rings (SSSR count). The van der Waals surface area contributed by atoms with E-state index in [0.29, 0.717) is 22.6 Å². The van der Waals surface area contributed by atoms with Crippen molar-refractivity contribution in [3.63, 3.8) is 0 Å².